The van der Waals surface area contributed by atoms with Crippen LogP contribution in [0.1, 0.15) is 36.1 Å². The van der Waals surface area contributed by atoms with Gasteiger partial charge in [0.25, 0.3) is 5.91 Å². The molecule has 3 aromatic carbocycles. The van der Waals surface area contributed by atoms with Gasteiger partial charge in [0.05, 0.1) is 23.4 Å². The number of nitrogens with one attached hydrogen (secondary N) is 2. The normalized spacial score (nSPS) is 14.5. The summed E-state index contributed by atoms with van der Waals surface area (Å²) < 4.78 is 0. The lowest BCUT2D eigenvalue weighted by Crippen LogP contribution is -2.28. The van der Waals surface area contributed by atoms with E-state index in [1.165, 1.54) is 0 Å². The predicted molar refractivity (Wildman–Crippen MR) is 132 cm³/mol. The molecule has 4 rings (SSSR count). The SMILES string of the molecule is CC(C)(N)c1ccc(N/C(=C2\C(=O)Nc3cc(Cl)ccc32)c2cccc(CC(=O)O)c2)cc1. The van der Waals surface area contributed by atoms with Crippen molar-refractivity contribution in [1.82, 2.24) is 0 Å². The summed E-state index contributed by atoms with van der Waals surface area (Å²) in [6.45, 7) is 3.86. The maximum Gasteiger partial charge on any atom is 0.307 e. The van der Waals surface area contributed by atoms with Crippen molar-refractivity contribution >= 4 is 46.1 Å². The molecule has 0 atom stereocenters. The lowest BCUT2D eigenvalue weighted by atomic mass is 9.95. The number of carbonyl (C=O) groups excluding carboxylic acids is 1. The zero-order valence-corrected chi connectivity index (χ0v) is 19.0. The fourth-order valence-corrected chi connectivity index (χ4v) is 3.98. The summed E-state index contributed by atoms with van der Waals surface area (Å²) in [7, 11) is 0. The standard InChI is InChI=1S/C26H24ClN3O3/c1-26(2,28)17-6-9-19(10-7-17)29-24(16-5-3-4-15(12-16)13-22(31)32)23-20-11-8-18(27)14-21(20)30-25(23)33/h3-12,14,29H,13,28H2,1-2H3,(H,30,33)(H,31,32)/b24-23-. The van der Waals surface area contributed by atoms with Gasteiger partial charge in [0, 0.05) is 21.8 Å². The van der Waals surface area contributed by atoms with Gasteiger partial charge in [-0.15, -0.1) is 0 Å². The van der Waals surface area contributed by atoms with Crippen molar-refractivity contribution in [3.63, 3.8) is 0 Å². The predicted octanol–water partition coefficient (Wildman–Crippen LogP) is 5.09. The van der Waals surface area contributed by atoms with Gasteiger partial charge < -0.3 is 21.5 Å². The number of nitrogens with two attached hydrogens (primary N) is 1. The number of anilines is 2. The largest absolute Gasteiger partial charge is 0.481 e. The fourth-order valence-electron chi connectivity index (χ4n) is 3.81. The Morgan fingerprint density at radius 3 is 2.48 bits per heavy atom. The van der Waals surface area contributed by atoms with Crippen molar-refractivity contribution < 1.29 is 14.7 Å². The van der Waals surface area contributed by atoms with Crippen molar-refractivity contribution in [3.8, 4) is 0 Å². The maximum absolute atomic E-state index is 13.0. The van der Waals surface area contributed by atoms with Crippen molar-refractivity contribution in [2.75, 3.05) is 10.6 Å². The number of aliphatic carboxylic acids is 1. The molecule has 1 aliphatic rings. The summed E-state index contributed by atoms with van der Waals surface area (Å²) >= 11 is 6.12. The molecule has 168 valence electrons. The van der Waals surface area contributed by atoms with Crippen LogP contribution in [-0.4, -0.2) is 17.0 Å². The zero-order chi connectivity index (χ0) is 23.8. The number of rotatable bonds is 6. The number of amides is 1. The Morgan fingerprint density at radius 2 is 1.82 bits per heavy atom. The van der Waals surface area contributed by atoms with Crippen LogP contribution in [0.4, 0.5) is 11.4 Å². The Bertz CT molecular complexity index is 1270. The van der Waals surface area contributed by atoms with E-state index in [0.29, 0.717) is 33.1 Å². The van der Waals surface area contributed by atoms with Crippen LogP contribution >= 0.6 is 11.6 Å². The number of fused-ring (bicyclic) bond motifs is 1. The second kappa shape index (κ2) is 8.73. The van der Waals surface area contributed by atoms with Gasteiger partial charge in [-0.05, 0) is 60.9 Å². The van der Waals surface area contributed by atoms with Gasteiger partial charge in [0.15, 0.2) is 0 Å². The summed E-state index contributed by atoms with van der Waals surface area (Å²) in [5, 5.41) is 16.0. The molecule has 0 fully saturated rings. The summed E-state index contributed by atoms with van der Waals surface area (Å²) in [5.41, 5.74) is 11.2. The van der Waals surface area contributed by atoms with Crippen molar-refractivity contribution in [1.29, 1.82) is 0 Å². The monoisotopic (exact) mass is 461 g/mol. The molecular formula is C26H24ClN3O3. The zero-order valence-electron chi connectivity index (χ0n) is 18.3. The van der Waals surface area contributed by atoms with Gasteiger partial charge in [-0.25, -0.2) is 0 Å². The number of carboxylic acids is 1. The molecule has 0 saturated heterocycles. The topological polar surface area (TPSA) is 104 Å². The highest BCUT2D eigenvalue weighted by Gasteiger charge is 2.29. The highest BCUT2D eigenvalue weighted by atomic mass is 35.5. The van der Waals surface area contributed by atoms with E-state index in [1.54, 1.807) is 36.4 Å². The van der Waals surface area contributed by atoms with Crippen LogP contribution < -0.4 is 16.4 Å². The Balaban J connectivity index is 1.85. The Labute approximate surface area is 197 Å². The molecule has 7 heteroatoms. The van der Waals surface area contributed by atoms with Crippen LogP contribution in [0.3, 0.4) is 0 Å². The third kappa shape index (κ3) is 4.92. The summed E-state index contributed by atoms with van der Waals surface area (Å²) in [6, 6.07) is 20.1. The van der Waals surface area contributed by atoms with E-state index >= 15 is 0 Å². The van der Waals surface area contributed by atoms with Crippen molar-refractivity contribution in [2.24, 2.45) is 5.73 Å². The minimum atomic E-state index is -0.923. The molecule has 0 radical (unpaired) electrons. The highest BCUT2D eigenvalue weighted by Crippen LogP contribution is 2.39. The molecule has 5 N–H and O–H groups in total. The molecule has 1 aliphatic heterocycles. The molecule has 0 unspecified atom stereocenters. The number of carbonyl (C=O) groups is 2. The summed E-state index contributed by atoms with van der Waals surface area (Å²) in [5.74, 6) is -1.19. The average molecular weight is 462 g/mol. The van der Waals surface area contributed by atoms with E-state index < -0.39 is 11.5 Å². The van der Waals surface area contributed by atoms with Crippen LogP contribution in [0, 0.1) is 0 Å². The van der Waals surface area contributed by atoms with Gasteiger partial charge in [0.2, 0.25) is 0 Å². The average Bonchev–Trinajstić information content (AvgIpc) is 3.06. The molecule has 0 aromatic heterocycles. The van der Waals surface area contributed by atoms with Gasteiger partial charge in [0.1, 0.15) is 0 Å². The number of halogens is 1. The van der Waals surface area contributed by atoms with Crippen LogP contribution in [-0.2, 0) is 21.5 Å². The molecule has 1 heterocycles. The van der Waals surface area contributed by atoms with E-state index in [4.69, 9.17) is 17.3 Å². The third-order valence-electron chi connectivity index (χ3n) is 5.45. The molecule has 33 heavy (non-hydrogen) atoms. The first kappa shape index (κ1) is 22.6. The number of hydrogen-bond acceptors (Lipinski definition) is 4. The minimum absolute atomic E-state index is 0.116. The number of hydrogen-bond donors (Lipinski definition) is 4. The van der Waals surface area contributed by atoms with Crippen molar-refractivity contribution in [3.05, 3.63) is 94.0 Å². The number of benzene rings is 3. The van der Waals surface area contributed by atoms with Gasteiger partial charge in [-0.2, -0.15) is 0 Å². The fraction of sp³-hybridized carbons (Fsp3) is 0.154. The Morgan fingerprint density at radius 1 is 1.09 bits per heavy atom. The minimum Gasteiger partial charge on any atom is -0.481 e. The van der Waals surface area contributed by atoms with Gasteiger partial charge in [-0.1, -0.05) is 48.0 Å². The molecule has 0 bridgehead atoms. The first-order valence-corrected chi connectivity index (χ1v) is 10.8. The quantitative estimate of drug-likeness (QED) is 0.382. The van der Waals surface area contributed by atoms with E-state index in [2.05, 4.69) is 10.6 Å². The second-order valence-electron chi connectivity index (χ2n) is 8.59. The first-order valence-electron chi connectivity index (χ1n) is 10.4. The smallest absolute Gasteiger partial charge is 0.307 e. The van der Waals surface area contributed by atoms with Gasteiger partial charge >= 0.3 is 5.97 Å². The lowest BCUT2D eigenvalue weighted by Gasteiger charge is -2.20. The number of carboxylic acid groups (broad SMARTS) is 1. The maximum atomic E-state index is 13.0. The van der Waals surface area contributed by atoms with Crippen LogP contribution in [0.5, 0.6) is 0 Å². The molecule has 0 spiro atoms. The van der Waals surface area contributed by atoms with Crippen molar-refractivity contribution in [2.45, 2.75) is 25.8 Å². The van der Waals surface area contributed by atoms with E-state index in [-0.39, 0.29) is 12.3 Å². The van der Waals surface area contributed by atoms with E-state index in [9.17, 15) is 14.7 Å². The molecule has 1 amide bonds. The summed E-state index contributed by atoms with van der Waals surface area (Å²) in [4.78, 5) is 24.3. The Kier molecular flexibility index (Phi) is 5.97. The highest BCUT2D eigenvalue weighted by molar-refractivity contribution is 6.38. The lowest BCUT2D eigenvalue weighted by molar-refractivity contribution is -0.136. The van der Waals surface area contributed by atoms with Crippen LogP contribution in [0.2, 0.25) is 5.02 Å². The molecule has 3 aromatic rings. The summed E-state index contributed by atoms with van der Waals surface area (Å²) in [6.07, 6.45) is -0.116. The van der Waals surface area contributed by atoms with E-state index in [0.717, 1.165) is 16.8 Å². The van der Waals surface area contributed by atoms with Crippen LogP contribution in [0.15, 0.2) is 66.7 Å². The van der Waals surface area contributed by atoms with Gasteiger partial charge in [-0.3, -0.25) is 9.59 Å². The van der Waals surface area contributed by atoms with Crippen LogP contribution in [0.25, 0.3) is 11.3 Å². The first-order chi connectivity index (χ1) is 15.6. The molecule has 0 aliphatic carbocycles. The molecular weight excluding hydrogens is 438 g/mol. The Hall–Kier alpha value is -3.61. The molecule has 0 saturated carbocycles. The third-order valence-corrected chi connectivity index (χ3v) is 5.68. The van der Waals surface area contributed by atoms with E-state index in [1.807, 2.05) is 44.2 Å². The second-order valence-corrected chi connectivity index (χ2v) is 9.03. The molecule has 6 nitrogen and oxygen atoms in total.